The third-order valence-electron chi connectivity index (χ3n) is 6.67. The van der Waals surface area contributed by atoms with Crippen LogP contribution in [0.5, 0.6) is 0 Å². The highest BCUT2D eigenvalue weighted by molar-refractivity contribution is 6.25. The van der Waals surface area contributed by atoms with Crippen LogP contribution in [-0.4, -0.2) is 58.7 Å². The summed E-state index contributed by atoms with van der Waals surface area (Å²) in [6.07, 6.45) is 0.295. The van der Waals surface area contributed by atoms with Gasteiger partial charge in [0.1, 0.15) is 0 Å². The van der Waals surface area contributed by atoms with Gasteiger partial charge in [-0.15, -0.1) is 23.2 Å². The fraction of sp³-hybridized carbons (Fsp3) is 0.462. The molecule has 1 saturated heterocycles. The molecular formula is C26H31Cl2N3O4. The van der Waals surface area contributed by atoms with E-state index in [4.69, 9.17) is 33.7 Å². The number of nitrogens with one attached hydrogen (secondary N) is 1. The van der Waals surface area contributed by atoms with Crippen molar-refractivity contribution in [2.75, 3.05) is 18.1 Å². The highest BCUT2D eigenvalue weighted by Crippen LogP contribution is 2.41. The Morgan fingerprint density at radius 3 is 2.43 bits per heavy atom. The Morgan fingerprint density at radius 1 is 1.11 bits per heavy atom. The second-order valence-electron chi connectivity index (χ2n) is 9.11. The van der Waals surface area contributed by atoms with Crippen molar-refractivity contribution in [3.8, 4) is 0 Å². The number of unbranched alkanes of at least 4 members (excludes halogenated alkanes) is 1. The van der Waals surface area contributed by atoms with Gasteiger partial charge in [0.2, 0.25) is 11.6 Å². The van der Waals surface area contributed by atoms with Crippen molar-refractivity contribution in [3.63, 3.8) is 0 Å². The molecule has 9 heteroatoms. The molecule has 6 atom stereocenters. The molecular weight excluding hydrogens is 489 g/mol. The summed E-state index contributed by atoms with van der Waals surface area (Å²) in [4.78, 5) is 28.2. The van der Waals surface area contributed by atoms with Gasteiger partial charge < -0.3 is 20.9 Å². The van der Waals surface area contributed by atoms with E-state index in [1.807, 2.05) is 60.7 Å². The number of nitrogens with two attached hydrogens (primary N) is 1. The average Bonchev–Trinajstić information content (AvgIpc) is 3.43. The zero-order valence-electron chi connectivity index (χ0n) is 19.4. The quantitative estimate of drug-likeness (QED) is 0.254. The molecule has 1 heterocycles. The number of ether oxygens (including phenoxy) is 1. The Morgan fingerprint density at radius 2 is 1.77 bits per heavy atom. The van der Waals surface area contributed by atoms with E-state index >= 15 is 0 Å². The first-order valence-corrected chi connectivity index (χ1v) is 12.8. The molecule has 0 aromatic heterocycles. The van der Waals surface area contributed by atoms with E-state index in [9.17, 15) is 14.7 Å². The third kappa shape index (κ3) is 5.49. The molecule has 0 bridgehead atoms. The number of aliphatic hydroxyl groups is 1. The Hall–Kier alpha value is -2.16. The van der Waals surface area contributed by atoms with Crippen LogP contribution < -0.4 is 16.0 Å². The average molecular weight is 520 g/mol. The Bertz CT molecular complexity index is 1010. The maximum Gasteiger partial charge on any atom is 0.276 e. The fourth-order valence-corrected chi connectivity index (χ4v) is 5.65. The first kappa shape index (κ1) is 25.9. The molecule has 1 saturated carbocycles. The summed E-state index contributed by atoms with van der Waals surface area (Å²) in [5, 5.41) is 12.4. The molecule has 2 aliphatic rings. The van der Waals surface area contributed by atoms with Gasteiger partial charge in [-0.25, -0.2) is 0 Å². The largest absolute Gasteiger partial charge is 0.391 e. The van der Waals surface area contributed by atoms with Crippen molar-refractivity contribution in [1.29, 1.82) is 0 Å². The number of carbonyl (C=O) groups excluding carboxylic acids is 2. The molecule has 1 aliphatic carbocycles. The highest BCUT2D eigenvalue weighted by atomic mass is 35.5. The van der Waals surface area contributed by atoms with E-state index in [0.717, 1.165) is 18.4 Å². The number of benzene rings is 2. The zero-order valence-corrected chi connectivity index (χ0v) is 20.9. The van der Waals surface area contributed by atoms with Crippen LogP contribution in [0.15, 0.2) is 60.7 Å². The first-order chi connectivity index (χ1) is 16.9. The number of amides is 2. The lowest BCUT2D eigenvalue weighted by atomic mass is 9.83. The molecule has 188 valence electrons. The maximum absolute atomic E-state index is 13.5. The number of hydrogen-bond donors (Lipinski definition) is 3. The van der Waals surface area contributed by atoms with Gasteiger partial charge in [-0.05, 0) is 43.5 Å². The minimum Gasteiger partial charge on any atom is -0.391 e. The van der Waals surface area contributed by atoms with Gasteiger partial charge in [0.25, 0.3) is 5.91 Å². The molecule has 5 unspecified atom stereocenters. The van der Waals surface area contributed by atoms with Crippen molar-refractivity contribution in [2.24, 2.45) is 11.7 Å². The smallest absolute Gasteiger partial charge is 0.276 e. The molecule has 1 aliphatic heterocycles. The molecule has 0 radical (unpaired) electrons. The number of carbonyl (C=O) groups is 2. The molecule has 2 aromatic rings. The van der Waals surface area contributed by atoms with Crippen LogP contribution >= 0.6 is 23.2 Å². The summed E-state index contributed by atoms with van der Waals surface area (Å²) in [5.74, 6) is -1.54. The van der Waals surface area contributed by atoms with Crippen LogP contribution in [0.4, 0.5) is 5.69 Å². The molecule has 2 amide bonds. The second kappa shape index (κ2) is 11.3. The molecule has 0 spiro atoms. The number of anilines is 1. The Labute approximate surface area is 215 Å². The lowest BCUT2D eigenvalue weighted by molar-refractivity contribution is -0.134. The normalized spacial score (nSPS) is 30.2. The summed E-state index contributed by atoms with van der Waals surface area (Å²) < 4.78 is 5.82. The van der Waals surface area contributed by atoms with Crippen LogP contribution in [-0.2, 0) is 20.7 Å². The van der Waals surface area contributed by atoms with E-state index in [-0.39, 0.29) is 18.7 Å². The number of aliphatic hydroxyl groups excluding tert-OH is 1. The van der Waals surface area contributed by atoms with Crippen LogP contribution in [0.3, 0.4) is 0 Å². The highest BCUT2D eigenvalue weighted by Gasteiger charge is 2.65. The van der Waals surface area contributed by atoms with E-state index < -0.39 is 40.5 Å². The van der Waals surface area contributed by atoms with Crippen molar-refractivity contribution in [2.45, 2.75) is 54.3 Å². The standard InChI is InChI=1S/C26H31Cl2N3O4/c27-20-15-19(22(32)21(28)23(20)35-14-8-7-13-29)24(33)30-26(16-17-9-3-1-4-10-17)25(34)31(26)18-11-5-2-6-12-18/h1-6,9-12,19-23,32H,7-8,13-16,29H2,(H,30,33)/t19?,20?,21?,22?,23?,26-,31?/m0/s1. The Balaban J connectivity index is 1.50. The molecule has 4 rings (SSSR count). The monoisotopic (exact) mass is 519 g/mol. The zero-order chi connectivity index (χ0) is 25.0. The van der Waals surface area contributed by atoms with Crippen LogP contribution in [0.25, 0.3) is 0 Å². The van der Waals surface area contributed by atoms with Gasteiger partial charge in [-0.3, -0.25) is 14.5 Å². The van der Waals surface area contributed by atoms with Crippen molar-refractivity contribution in [1.82, 2.24) is 5.32 Å². The SMILES string of the molecule is NCCCCOC1C(Cl)CC(C(=O)N[C@]2(Cc3ccccc3)C(=O)N2c2ccccc2)C(O)C1Cl. The van der Waals surface area contributed by atoms with Gasteiger partial charge in [0.05, 0.1) is 28.9 Å². The Kier molecular flexibility index (Phi) is 8.34. The fourth-order valence-electron chi connectivity index (χ4n) is 4.73. The lowest BCUT2D eigenvalue weighted by Gasteiger charge is -2.39. The molecule has 2 fully saturated rings. The van der Waals surface area contributed by atoms with Crippen molar-refractivity contribution < 1.29 is 19.4 Å². The van der Waals surface area contributed by atoms with E-state index in [0.29, 0.717) is 18.8 Å². The number of para-hydroxylation sites is 1. The summed E-state index contributed by atoms with van der Waals surface area (Å²) in [5.41, 5.74) is 5.87. The predicted molar refractivity (Wildman–Crippen MR) is 136 cm³/mol. The van der Waals surface area contributed by atoms with Crippen molar-refractivity contribution in [3.05, 3.63) is 66.2 Å². The van der Waals surface area contributed by atoms with Crippen LogP contribution in [0, 0.1) is 5.92 Å². The van der Waals surface area contributed by atoms with Gasteiger partial charge in [-0.1, -0.05) is 48.5 Å². The predicted octanol–water partition coefficient (Wildman–Crippen LogP) is 2.81. The summed E-state index contributed by atoms with van der Waals surface area (Å²) in [6.45, 7) is 0.996. The number of halogens is 2. The second-order valence-corrected chi connectivity index (χ2v) is 10.2. The molecule has 4 N–H and O–H groups in total. The minimum atomic E-state index is -1.24. The third-order valence-corrected chi connectivity index (χ3v) is 7.60. The van der Waals surface area contributed by atoms with Crippen LogP contribution in [0.2, 0.25) is 0 Å². The first-order valence-electron chi connectivity index (χ1n) is 11.9. The minimum absolute atomic E-state index is 0.181. The molecule has 7 nitrogen and oxygen atoms in total. The van der Waals surface area contributed by atoms with Crippen molar-refractivity contribution >= 4 is 40.7 Å². The van der Waals surface area contributed by atoms with E-state index in [2.05, 4.69) is 5.32 Å². The number of hydrogen-bond acceptors (Lipinski definition) is 5. The van der Waals surface area contributed by atoms with Gasteiger partial charge >= 0.3 is 0 Å². The van der Waals surface area contributed by atoms with Gasteiger partial charge in [0.15, 0.2) is 0 Å². The summed E-state index contributed by atoms with van der Waals surface area (Å²) in [7, 11) is 0. The van der Waals surface area contributed by atoms with E-state index in [1.54, 1.807) is 4.90 Å². The molecule has 2 aromatic carbocycles. The number of alkyl halides is 2. The number of rotatable bonds is 10. The lowest BCUT2D eigenvalue weighted by Crippen LogP contribution is -2.57. The van der Waals surface area contributed by atoms with Crippen LogP contribution in [0.1, 0.15) is 24.8 Å². The van der Waals surface area contributed by atoms with Gasteiger partial charge in [-0.2, -0.15) is 0 Å². The summed E-state index contributed by atoms with van der Waals surface area (Å²) >= 11 is 13.1. The maximum atomic E-state index is 13.5. The number of nitrogens with zero attached hydrogens (tertiary/aromatic N) is 1. The summed E-state index contributed by atoms with van der Waals surface area (Å²) in [6, 6.07) is 18.7. The van der Waals surface area contributed by atoms with E-state index in [1.165, 1.54) is 0 Å². The molecule has 35 heavy (non-hydrogen) atoms. The topological polar surface area (TPSA) is 105 Å². The van der Waals surface area contributed by atoms with Gasteiger partial charge in [0, 0.05) is 18.7 Å².